The minimum atomic E-state index is -0.488. The molecule has 0 fully saturated rings. The number of para-hydroxylation sites is 1. The Balaban J connectivity index is 1.87. The van der Waals surface area contributed by atoms with Crippen LogP contribution in [0.15, 0.2) is 60.4 Å². The first-order valence-corrected chi connectivity index (χ1v) is 7.70. The fourth-order valence-electron chi connectivity index (χ4n) is 2.71. The second-order valence-corrected chi connectivity index (χ2v) is 5.44. The minimum absolute atomic E-state index is 0.0575. The van der Waals surface area contributed by atoms with Crippen LogP contribution in [0.25, 0.3) is 10.9 Å². The third-order valence-electron chi connectivity index (χ3n) is 3.92. The summed E-state index contributed by atoms with van der Waals surface area (Å²) in [6.07, 6.45) is 4.79. The molecule has 1 aromatic carbocycles. The molecule has 0 amide bonds. The molecule has 25 heavy (non-hydrogen) atoms. The van der Waals surface area contributed by atoms with Gasteiger partial charge >= 0.3 is 0 Å². The van der Waals surface area contributed by atoms with E-state index < -0.39 is 4.92 Å². The molecule has 0 bridgehead atoms. The zero-order valence-corrected chi connectivity index (χ0v) is 13.7. The molecular formula is C18H17N5O2. The maximum atomic E-state index is 10.6. The van der Waals surface area contributed by atoms with Crippen molar-refractivity contribution in [1.82, 2.24) is 9.55 Å². The monoisotopic (exact) mass is 335 g/mol. The Morgan fingerprint density at radius 2 is 2.16 bits per heavy atom. The van der Waals surface area contributed by atoms with Gasteiger partial charge in [0.2, 0.25) is 0 Å². The highest BCUT2D eigenvalue weighted by Crippen LogP contribution is 2.24. The number of hydrogen-bond donors (Lipinski definition) is 1. The average molecular weight is 335 g/mol. The number of aromatic nitrogens is 2. The van der Waals surface area contributed by atoms with Crippen molar-refractivity contribution in [2.75, 3.05) is 5.43 Å². The molecule has 0 saturated heterocycles. The van der Waals surface area contributed by atoms with Crippen LogP contribution in [0.2, 0.25) is 0 Å². The van der Waals surface area contributed by atoms with Gasteiger partial charge in [-0.05, 0) is 19.1 Å². The molecule has 0 aliphatic carbocycles. The summed E-state index contributed by atoms with van der Waals surface area (Å²) in [5, 5.41) is 16.0. The van der Waals surface area contributed by atoms with Gasteiger partial charge in [-0.25, -0.2) is 4.98 Å². The van der Waals surface area contributed by atoms with E-state index in [1.165, 1.54) is 18.3 Å². The molecule has 7 heteroatoms. The van der Waals surface area contributed by atoms with Crippen LogP contribution < -0.4 is 5.43 Å². The Hall–Kier alpha value is -3.48. The van der Waals surface area contributed by atoms with Gasteiger partial charge in [-0.2, -0.15) is 5.10 Å². The van der Waals surface area contributed by atoms with Crippen LogP contribution in [0, 0.1) is 17.0 Å². The highest BCUT2D eigenvalue weighted by molar-refractivity contribution is 6.01. The topological polar surface area (TPSA) is 85.3 Å². The van der Waals surface area contributed by atoms with Gasteiger partial charge in [-0.3, -0.25) is 15.5 Å². The second-order valence-electron chi connectivity index (χ2n) is 5.44. The number of nitrogens with one attached hydrogen (secondary N) is 1. The first kappa shape index (κ1) is 16.4. The number of fused-ring (bicyclic) bond motifs is 1. The maximum absolute atomic E-state index is 10.6. The summed E-state index contributed by atoms with van der Waals surface area (Å²) in [6, 6.07) is 11.0. The molecule has 1 N–H and O–H groups in total. The maximum Gasteiger partial charge on any atom is 0.287 e. The summed E-state index contributed by atoms with van der Waals surface area (Å²) in [7, 11) is 0. The molecule has 0 atom stereocenters. The van der Waals surface area contributed by atoms with E-state index in [2.05, 4.69) is 32.7 Å². The average Bonchev–Trinajstić information content (AvgIpc) is 2.88. The van der Waals surface area contributed by atoms with Crippen molar-refractivity contribution in [2.45, 2.75) is 13.5 Å². The molecule has 2 heterocycles. The highest BCUT2D eigenvalue weighted by atomic mass is 16.6. The lowest BCUT2D eigenvalue weighted by Crippen LogP contribution is -1.99. The normalized spacial score (nSPS) is 11.1. The van der Waals surface area contributed by atoms with E-state index in [-0.39, 0.29) is 5.69 Å². The molecule has 2 aromatic heterocycles. The lowest BCUT2D eigenvalue weighted by molar-refractivity contribution is -0.385. The molecule has 0 spiro atoms. The number of benzene rings is 1. The summed E-state index contributed by atoms with van der Waals surface area (Å²) in [5.74, 6) is 0.439. The summed E-state index contributed by atoms with van der Waals surface area (Å²) < 4.78 is 2.17. The zero-order valence-electron chi connectivity index (χ0n) is 13.7. The number of allylic oxidation sites excluding steroid dienone is 1. The zero-order chi connectivity index (χ0) is 17.8. The Bertz CT molecular complexity index is 958. The van der Waals surface area contributed by atoms with Crippen molar-refractivity contribution in [2.24, 2.45) is 5.10 Å². The molecule has 0 saturated carbocycles. The predicted octanol–water partition coefficient (Wildman–Crippen LogP) is 3.88. The lowest BCUT2D eigenvalue weighted by Gasteiger charge is -2.04. The minimum Gasteiger partial charge on any atom is -0.340 e. The van der Waals surface area contributed by atoms with Crippen LogP contribution in [0.4, 0.5) is 11.5 Å². The largest absolute Gasteiger partial charge is 0.340 e. The van der Waals surface area contributed by atoms with Gasteiger partial charge in [0.1, 0.15) is 12.0 Å². The molecule has 3 rings (SSSR count). The van der Waals surface area contributed by atoms with Crippen molar-refractivity contribution in [3.8, 4) is 0 Å². The summed E-state index contributed by atoms with van der Waals surface area (Å²) in [5.41, 5.74) is 5.95. The third kappa shape index (κ3) is 3.25. The van der Waals surface area contributed by atoms with E-state index in [9.17, 15) is 10.1 Å². The van der Waals surface area contributed by atoms with Crippen molar-refractivity contribution in [3.63, 3.8) is 0 Å². The fourth-order valence-corrected chi connectivity index (χ4v) is 2.71. The fraction of sp³-hybridized carbons (Fsp3) is 0.111. The standard InChI is InChI=1S/C18H17N5O2/c1-3-10-22-13(2)16(15-6-4-5-7-17(15)22)12-20-21-18-9-8-14(11-19-18)23(24)25/h3-9,11-12H,1,10H2,2H3,(H,19,21)/b20-12+. The van der Waals surface area contributed by atoms with E-state index in [1.54, 1.807) is 6.21 Å². The third-order valence-corrected chi connectivity index (χ3v) is 3.92. The van der Waals surface area contributed by atoms with Crippen LogP contribution in [-0.4, -0.2) is 20.7 Å². The number of rotatable bonds is 6. The Morgan fingerprint density at radius 3 is 2.84 bits per heavy atom. The molecule has 0 aliphatic heterocycles. The van der Waals surface area contributed by atoms with Gasteiger partial charge in [0.05, 0.1) is 11.1 Å². The molecule has 3 aromatic rings. The van der Waals surface area contributed by atoms with Crippen LogP contribution >= 0.6 is 0 Å². The van der Waals surface area contributed by atoms with E-state index in [4.69, 9.17) is 0 Å². The second kappa shape index (κ2) is 6.96. The van der Waals surface area contributed by atoms with E-state index in [0.29, 0.717) is 5.82 Å². The van der Waals surface area contributed by atoms with E-state index in [1.807, 2.05) is 31.2 Å². The van der Waals surface area contributed by atoms with Gasteiger partial charge in [-0.1, -0.05) is 24.3 Å². The number of hydrogen-bond acceptors (Lipinski definition) is 5. The highest BCUT2D eigenvalue weighted by Gasteiger charge is 2.11. The number of pyridine rings is 1. The summed E-state index contributed by atoms with van der Waals surface area (Å²) in [6.45, 7) is 6.57. The van der Waals surface area contributed by atoms with Crippen molar-refractivity contribution in [1.29, 1.82) is 0 Å². The van der Waals surface area contributed by atoms with Crippen molar-refractivity contribution < 1.29 is 4.92 Å². The van der Waals surface area contributed by atoms with Gasteiger partial charge in [0.25, 0.3) is 5.69 Å². The first-order valence-electron chi connectivity index (χ1n) is 7.70. The molecule has 0 unspecified atom stereocenters. The first-order chi connectivity index (χ1) is 12.1. The van der Waals surface area contributed by atoms with Gasteiger partial charge < -0.3 is 4.57 Å². The van der Waals surface area contributed by atoms with Crippen LogP contribution in [-0.2, 0) is 6.54 Å². The van der Waals surface area contributed by atoms with Crippen LogP contribution in [0.5, 0.6) is 0 Å². The van der Waals surface area contributed by atoms with Gasteiger partial charge in [-0.15, -0.1) is 6.58 Å². The van der Waals surface area contributed by atoms with Crippen LogP contribution in [0.3, 0.4) is 0 Å². The quantitative estimate of drug-likeness (QED) is 0.320. The number of nitro groups is 1. The molecule has 7 nitrogen and oxygen atoms in total. The molecular weight excluding hydrogens is 318 g/mol. The SMILES string of the molecule is C=CCn1c(C)c(/C=N/Nc2ccc([N+](=O)[O-])cn2)c2ccccc21. The van der Waals surface area contributed by atoms with Gasteiger partial charge in [0.15, 0.2) is 0 Å². The van der Waals surface area contributed by atoms with Gasteiger partial charge in [0, 0.05) is 34.8 Å². The lowest BCUT2D eigenvalue weighted by atomic mass is 10.1. The Morgan fingerprint density at radius 1 is 1.36 bits per heavy atom. The Kier molecular flexibility index (Phi) is 4.56. The molecule has 126 valence electrons. The molecule has 0 radical (unpaired) electrons. The summed E-state index contributed by atoms with van der Waals surface area (Å²) in [4.78, 5) is 14.1. The Labute approximate surface area is 144 Å². The number of nitrogens with zero attached hydrogens (tertiary/aromatic N) is 4. The molecule has 0 aliphatic rings. The number of anilines is 1. The smallest absolute Gasteiger partial charge is 0.287 e. The summed E-state index contributed by atoms with van der Waals surface area (Å²) >= 11 is 0. The van der Waals surface area contributed by atoms with Crippen LogP contribution in [0.1, 0.15) is 11.3 Å². The van der Waals surface area contributed by atoms with E-state index in [0.717, 1.165) is 28.7 Å². The van der Waals surface area contributed by atoms with E-state index >= 15 is 0 Å². The van der Waals surface area contributed by atoms with Crippen molar-refractivity contribution >= 4 is 28.6 Å². The number of hydrazone groups is 1. The van der Waals surface area contributed by atoms with Crippen molar-refractivity contribution in [3.05, 3.63) is 76.6 Å². The predicted molar refractivity (Wildman–Crippen MR) is 99.0 cm³/mol.